The number of carbonyl (C=O) groups excluding carboxylic acids is 2. The van der Waals surface area contributed by atoms with Gasteiger partial charge < -0.3 is 15.5 Å². The van der Waals surface area contributed by atoms with E-state index in [1.54, 1.807) is 28.6 Å². The predicted octanol–water partition coefficient (Wildman–Crippen LogP) is 3.65. The first-order valence-corrected chi connectivity index (χ1v) is 11.5. The minimum absolute atomic E-state index is 0. The number of hydrogen-bond donors (Lipinski definition) is 2. The second-order valence-electron chi connectivity index (χ2n) is 7.21. The van der Waals surface area contributed by atoms with E-state index in [4.69, 9.17) is 4.74 Å². The van der Waals surface area contributed by atoms with Crippen molar-refractivity contribution < 1.29 is 37.2 Å². The van der Waals surface area contributed by atoms with E-state index in [0.717, 1.165) is 17.7 Å². The zero-order valence-corrected chi connectivity index (χ0v) is 19.6. The Morgan fingerprint density at radius 1 is 0.944 bits per heavy atom. The van der Waals surface area contributed by atoms with Gasteiger partial charge in [0.25, 0.3) is 0 Å². The topological polar surface area (TPSA) is 119 Å². The molecule has 0 fully saturated rings. The van der Waals surface area contributed by atoms with Crippen molar-refractivity contribution in [3.05, 3.63) is 90.0 Å². The van der Waals surface area contributed by atoms with Crippen molar-refractivity contribution in [1.82, 2.24) is 14.9 Å². The molecule has 8 nitrogen and oxygen atoms in total. The Bertz CT molecular complexity index is 1140. The maximum atomic E-state index is 13.3. The summed E-state index contributed by atoms with van der Waals surface area (Å²) in [5, 5.41) is 4.48. The van der Waals surface area contributed by atoms with Gasteiger partial charge in [0.1, 0.15) is 22.5 Å². The highest BCUT2D eigenvalue weighted by atomic mass is 32.2. The Morgan fingerprint density at radius 3 is 2.08 bits per heavy atom. The Balaban J connectivity index is 0.00000456. The lowest BCUT2D eigenvalue weighted by atomic mass is 10.2. The molecule has 0 saturated carbocycles. The SMILES string of the molecule is O.O=CNC(=O)NCCN(Cc1ccccc1)S(=O)c1ccc(Oc2ccc(C(F)(F)F)cc2)cc1. The fourth-order valence-corrected chi connectivity index (χ4v) is 4.22. The van der Waals surface area contributed by atoms with Crippen molar-refractivity contribution in [2.24, 2.45) is 0 Å². The summed E-state index contributed by atoms with van der Waals surface area (Å²) in [5.41, 5.74) is 0.146. The molecule has 0 spiro atoms. The average Bonchev–Trinajstić information content (AvgIpc) is 2.84. The highest BCUT2D eigenvalue weighted by Gasteiger charge is 2.30. The quantitative estimate of drug-likeness (QED) is 0.394. The van der Waals surface area contributed by atoms with E-state index in [-0.39, 0.29) is 30.7 Å². The molecule has 192 valence electrons. The molecule has 0 bridgehead atoms. The molecule has 1 atom stereocenters. The lowest BCUT2D eigenvalue weighted by Crippen LogP contribution is -2.40. The number of carbonyl (C=O) groups is 2. The van der Waals surface area contributed by atoms with Crippen molar-refractivity contribution in [2.45, 2.75) is 17.6 Å². The summed E-state index contributed by atoms with van der Waals surface area (Å²) in [5.74, 6) is 0.601. The number of amides is 3. The minimum atomic E-state index is -4.43. The molecule has 0 aromatic heterocycles. The number of halogens is 3. The van der Waals surface area contributed by atoms with E-state index in [1.807, 2.05) is 35.6 Å². The zero-order chi connectivity index (χ0) is 25.3. The molecule has 0 aliphatic heterocycles. The van der Waals surface area contributed by atoms with E-state index in [1.165, 1.54) is 12.1 Å². The van der Waals surface area contributed by atoms with Crippen molar-refractivity contribution >= 4 is 23.4 Å². The van der Waals surface area contributed by atoms with Gasteiger partial charge in [-0.2, -0.15) is 13.2 Å². The molecule has 0 heterocycles. The normalized spacial score (nSPS) is 11.8. The maximum absolute atomic E-state index is 13.3. The fraction of sp³-hybridized carbons (Fsp3) is 0.167. The van der Waals surface area contributed by atoms with Crippen LogP contribution >= 0.6 is 0 Å². The van der Waals surface area contributed by atoms with Gasteiger partial charge in [0.05, 0.1) is 10.5 Å². The van der Waals surface area contributed by atoms with Crippen LogP contribution in [-0.4, -0.2) is 39.5 Å². The molecule has 0 aliphatic rings. The Hall–Kier alpha value is -3.74. The lowest BCUT2D eigenvalue weighted by Gasteiger charge is -2.21. The van der Waals surface area contributed by atoms with Crippen LogP contribution < -0.4 is 15.4 Å². The Labute approximate surface area is 208 Å². The molecule has 0 saturated heterocycles. The average molecular weight is 524 g/mol. The third kappa shape index (κ3) is 8.48. The third-order valence-electron chi connectivity index (χ3n) is 4.72. The van der Waals surface area contributed by atoms with Crippen LogP contribution in [0, 0.1) is 0 Å². The van der Waals surface area contributed by atoms with Gasteiger partial charge in [-0.1, -0.05) is 30.3 Å². The van der Waals surface area contributed by atoms with Gasteiger partial charge in [-0.05, 0) is 54.1 Å². The number of nitrogens with one attached hydrogen (secondary N) is 2. The number of benzene rings is 3. The number of ether oxygens (including phenoxy) is 1. The number of rotatable bonds is 10. The van der Waals surface area contributed by atoms with Crippen LogP contribution in [0.5, 0.6) is 11.5 Å². The van der Waals surface area contributed by atoms with Crippen LogP contribution in [0.15, 0.2) is 83.8 Å². The molecule has 3 rings (SSSR count). The summed E-state index contributed by atoms with van der Waals surface area (Å²) in [7, 11) is -1.60. The van der Waals surface area contributed by atoms with E-state index in [9.17, 15) is 27.0 Å². The first kappa shape index (κ1) is 28.5. The Kier molecular flexibility index (Phi) is 10.6. The summed E-state index contributed by atoms with van der Waals surface area (Å²) >= 11 is 0. The number of alkyl halides is 3. The maximum Gasteiger partial charge on any atom is 0.416 e. The molecule has 36 heavy (non-hydrogen) atoms. The van der Waals surface area contributed by atoms with E-state index >= 15 is 0 Å². The number of nitrogens with zero attached hydrogens (tertiary/aromatic N) is 1. The van der Waals surface area contributed by atoms with E-state index in [0.29, 0.717) is 17.2 Å². The lowest BCUT2D eigenvalue weighted by molar-refractivity contribution is -0.137. The van der Waals surface area contributed by atoms with Crippen molar-refractivity contribution in [2.75, 3.05) is 13.1 Å². The van der Waals surface area contributed by atoms with E-state index < -0.39 is 28.8 Å². The van der Waals surface area contributed by atoms with Gasteiger partial charge in [-0.15, -0.1) is 0 Å². The van der Waals surface area contributed by atoms with Gasteiger partial charge in [0.2, 0.25) is 6.41 Å². The van der Waals surface area contributed by atoms with Crippen LogP contribution in [-0.2, 0) is 28.5 Å². The first-order chi connectivity index (χ1) is 16.8. The monoisotopic (exact) mass is 523 g/mol. The molecule has 3 amide bonds. The van der Waals surface area contributed by atoms with Crippen LogP contribution in [0.1, 0.15) is 11.1 Å². The highest BCUT2D eigenvalue weighted by Crippen LogP contribution is 2.31. The number of imide groups is 1. The molecule has 1 unspecified atom stereocenters. The van der Waals surface area contributed by atoms with Gasteiger partial charge >= 0.3 is 12.2 Å². The van der Waals surface area contributed by atoms with Gasteiger partial charge in [-0.3, -0.25) is 10.1 Å². The zero-order valence-electron chi connectivity index (χ0n) is 18.8. The Morgan fingerprint density at radius 2 is 1.53 bits per heavy atom. The van der Waals surface area contributed by atoms with Crippen LogP contribution in [0.4, 0.5) is 18.0 Å². The molecule has 3 aromatic rings. The summed E-state index contributed by atoms with van der Waals surface area (Å²) in [4.78, 5) is 22.3. The summed E-state index contributed by atoms with van der Waals surface area (Å²) < 4.78 is 58.6. The van der Waals surface area contributed by atoms with Crippen LogP contribution in [0.25, 0.3) is 0 Å². The van der Waals surface area contributed by atoms with Crippen LogP contribution in [0.3, 0.4) is 0 Å². The molecule has 3 aromatic carbocycles. The summed E-state index contributed by atoms with van der Waals surface area (Å²) in [6, 6.07) is 19.4. The molecular formula is C24H24F3N3O5S. The largest absolute Gasteiger partial charge is 0.457 e. The van der Waals surface area contributed by atoms with Gasteiger partial charge in [-0.25, -0.2) is 13.3 Å². The molecule has 0 aliphatic carbocycles. The fourth-order valence-electron chi connectivity index (χ4n) is 3.03. The minimum Gasteiger partial charge on any atom is -0.457 e. The number of urea groups is 1. The van der Waals surface area contributed by atoms with Crippen molar-refractivity contribution in [1.29, 1.82) is 0 Å². The third-order valence-corrected chi connectivity index (χ3v) is 6.17. The second kappa shape index (κ2) is 13.4. The standard InChI is InChI=1S/C24H22F3N3O4S.H2O/c25-24(26,27)19-6-8-20(9-7-19)34-21-10-12-22(13-11-21)35(33)30(15-14-28-23(32)29-17-31)16-18-4-2-1-3-5-18;/h1-13,17H,14-16H2,(H2,28,29,31,32);1H2. The molecule has 4 N–H and O–H groups in total. The molecular weight excluding hydrogens is 499 g/mol. The number of hydrogen-bond acceptors (Lipinski definition) is 4. The first-order valence-electron chi connectivity index (χ1n) is 10.4. The smallest absolute Gasteiger partial charge is 0.416 e. The molecule has 12 heteroatoms. The van der Waals surface area contributed by atoms with Crippen molar-refractivity contribution in [3.8, 4) is 11.5 Å². The van der Waals surface area contributed by atoms with Crippen molar-refractivity contribution in [3.63, 3.8) is 0 Å². The van der Waals surface area contributed by atoms with Gasteiger partial charge in [0.15, 0.2) is 0 Å². The predicted molar refractivity (Wildman–Crippen MR) is 127 cm³/mol. The van der Waals surface area contributed by atoms with Crippen LogP contribution in [0.2, 0.25) is 0 Å². The second-order valence-corrected chi connectivity index (χ2v) is 8.70. The summed E-state index contributed by atoms with van der Waals surface area (Å²) in [6.07, 6.45) is -4.16. The van der Waals surface area contributed by atoms with Gasteiger partial charge in [0, 0.05) is 19.6 Å². The summed E-state index contributed by atoms with van der Waals surface area (Å²) in [6.45, 7) is 0.721. The highest BCUT2D eigenvalue weighted by molar-refractivity contribution is 7.82. The molecule has 0 radical (unpaired) electrons. The van der Waals surface area contributed by atoms with E-state index in [2.05, 4.69) is 5.32 Å².